The van der Waals surface area contributed by atoms with Crippen LogP contribution in [0.1, 0.15) is 42.6 Å². The van der Waals surface area contributed by atoms with Gasteiger partial charge in [0.2, 0.25) is 0 Å². The number of carbonyl (C=O) groups excluding carboxylic acids is 1. The van der Waals surface area contributed by atoms with E-state index in [0.29, 0.717) is 5.56 Å². The highest BCUT2D eigenvalue weighted by Gasteiger charge is 2.14. The van der Waals surface area contributed by atoms with E-state index in [9.17, 15) is 14.9 Å². The van der Waals surface area contributed by atoms with Gasteiger partial charge in [-0.15, -0.1) is 0 Å². The molecule has 6 heteroatoms. The Morgan fingerprint density at radius 2 is 2.00 bits per heavy atom. The molecule has 6 nitrogen and oxygen atoms in total. The van der Waals surface area contributed by atoms with Gasteiger partial charge < -0.3 is 0 Å². The molecule has 1 aromatic rings. The van der Waals surface area contributed by atoms with Crippen molar-refractivity contribution in [3.63, 3.8) is 0 Å². The topological polar surface area (TPSA) is 84.6 Å². The van der Waals surface area contributed by atoms with Gasteiger partial charge in [0.25, 0.3) is 11.6 Å². The van der Waals surface area contributed by atoms with Crippen molar-refractivity contribution < 1.29 is 9.72 Å². The van der Waals surface area contributed by atoms with Gasteiger partial charge in [-0.3, -0.25) is 14.9 Å². The van der Waals surface area contributed by atoms with Crippen molar-refractivity contribution in [2.45, 2.75) is 33.6 Å². The SMILES string of the molecule is CCC(CC)=NNC(=O)c1ccc(C)c([N+](=O)[O-])c1. The first-order chi connectivity index (χ1) is 8.99. The molecule has 0 aliphatic carbocycles. The lowest BCUT2D eigenvalue weighted by molar-refractivity contribution is -0.385. The van der Waals surface area contributed by atoms with Crippen LogP contribution < -0.4 is 5.43 Å². The van der Waals surface area contributed by atoms with Crippen LogP contribution in [-0.4, -0.2) is 16.5 Å². The molecule has 0 saturated heterocycles. The number of rotatable bonds is 5. The predicted octanol–water partition coefficient (Wildman–Crippen LogP) is 2.81. The maximum atomic E-state index is 11.8. The molecule has 0 radical (unpaired) electrons. The molecule has 0 unspecified atom stereocenters. The van der Waals surface area contributed by atoms with E-state index >= 15 is 0 Å². The maximum Gasteiger partial charge on any atom is 0.273 e. The third kappa shape index (κ3) is 3.87. The molecule has 0 aliphatic heterocycles. The minimum atomic E-state index is -0.501. The molecule has 1 aromatic carbocycles. The smallest absolute Gasteiger partial charge is 0.267 e. The summed E-state index contributed by atoms with van der Waals surface area (Å²) in [4.78, 5) is 22.1. The Morgan fingerprint density at radius 1 is 1.37 bits per heavy atom. The predicted molar refractivity (Wildman–Crippen MR) is 73.3 cm³/mol. The molecule has 102 valence electrons. The summed E-state index contributed by atoms with van der Waals surface area (Å²) < 4.78 is 0. The third-order valence-electron chi connectivity index (χ3n) is 2.80. The molecule has 0 aromatic heterocycles. The van der Waals surface area contributed by atoms with Crippen LogP contribution >= 0.6 is 0 Å². The summed E-state index contributed by atoms with van der Waals surface area (Å²) in [5, 5.41) is 14.8. The van der Waals surface area contributed by atoms with Crippen LogP contribution in [-0.2, 0) is 0 Å². The number of nitrogens with zero attached hydrogens (tertiary/aromatic N) is 2. The summed E-state index contributed by atoms with van der Waals surface area (Å²) in [5.74, 6) is -0.442. The second kappa shape index (κ2) is 6.63. The van der Waals surface area contributed by atoms with Crippen molar-refractivity contribution >= 4 is 17.3 Å². The first-order valence-corrected chi connectivity index (χ1v) is 6.10. The number of carbonyl (C=O) groups is 1. The number of hydrogen-bond acceptors (Lipinski definition) is 4. The number of amides is 1. The van der Waals surface area contributed by atoms with Crippen LogP contribution in [0.4, 0.5) is 5.69 Å². The zero-order valence-electron chi connectivity index (χ0n) is 11.3. The average Bonchev–Trinajstić information content (AvgIpc) is 2.39. The Bertz CT molecular complexity index is 518. The zero-order valence-corrected chi connectivity index (χ0v) is 11.3. The quantitative estimate of drug-likeness (QED) is 0.503. The summed E-state index contributed by atoms with van der Waals surface area (Å²) in [6.45, 7) is 5.53. The molecule has 1 N–H and O–H groups in total. The Morgan fingerprint density at radius 3 is 2.53 bits per heavy atom. The van der Waals surface area contributed by atoms with Crippen LogP contribution in [0.5, 0.6) is 0 Å². The van der Waals surface area contributed by atoms with E-state index in [-0.39, 0.29) is 11.3 Å². The van der Waals surface area contributed by atoms with E-state index in [1.165, 1.54) is 6.07 Å². The van der Waals surface area contributed by atoms with Crippen molar-refractivity contribution in [1.82, 2.24) is 5.43 Å². The van der Waals surface area contributed by atoms with Crippen LogP contribution in [0.3, 0.4) is 0 Å². The lowest BCUT2D eigenvalue weighted by Gasteiger charge is -2.04. The number of nitrogens with one attached hydrogen (secondary N) is 1. The highest BCUT2D eigenvalue weighted by molar-refractivity contribution is 5.96. The van der Waals surface area contributed by atoms with Gasteiger partial charge >= 0.3 is 0 Å². The minimum absolute atomic E-state index is 0.0668. The molecule has 1 rings (SSSR count). The second-order valence-electron chi connectivity index (χ2n) is 4.08. The minimum Gasteiger partial charge on any atom is -0.267 e. The summed E-state index contributed by atoms with van der Waals surface area (Å²) in [6.07, 6.45) is 1.51. The molecule has 0 atom stereocenters. The monoisotopic (exact) mass is 263 g/mol. The van der Waals surface area contributed by atoms with Crippen molar-refractivity contribution in [2.24, 2.45) is 5.10 Å². The standard InChI is InChI=1S/C13H17N3O3/c1-4-11(5-2)14-15-13(17)10-7-6-9(3)12(8-10)16(18)19/h6-8H,4-5H2,1-3H3,(H,15,17). The number of nitro benzene ring substituents is 1. The van der Waals surface area contributed by atoms with Crippen LogP contribution in [0.2, 0.25) is 0 Å². The van der Waals surface area contributed by atoms with Crippen molar-refractivity contribution in [2.75, 3.05) is 0 Å². The highest BCUT2D eigenvalue weighted by atomic mass is 16.6. The highest BCUT2D eigenvalue weighted by Crippen LogP contribution is 2.19. The fourth-order valence-corrected chi connectivity index (χ4v) is 1.55. The molecular weight excluding hydrogens is 246 g/mol. The Labute approximate surface area is 111 Å². The van der Waals surface area contributed by atoms with E-state index in [4.69, 9.17) is 0 Å². The number of benzene rings is 1. The lowest BCUT2D eigenvalue weighted by atomic mass is 10.1. The molecule has 19 heavy (non-hydrogen) atoms. The lowest BCUT2D eigenvalue weighted by Crippen LogP contribution is -2.19. The van der Waals surface area contributed by atoms with Gasteiger partial charge in [-0.2, -0.15) is 5.10 Å². The fourth-order valence-electron chi connectivity index (χ4n) is 1.55. The Kier molecular flexibility index (Phi) is 5.17. The summed E-state index contributed by atoms with van der Waals surface area (Å²) in [7, 11) is 0. The van der Waals surface area contributed by atoms with Crippen molar-refractivity contribution in [3.05, 3.63) is 39.4 Å². The van der Waals surface area contributed by atoms with E-state index in [1.54, 1.807) is 19.1 Å². The third-order valence-corrected chi connectivity index (χ3v) is 2.80. The fraction of sp³-hybridized carbons (Fsp3) is 0.385. The van der Waals surface area contributed by atoms with Crippen molar-refractivity contribution in [1.29, 1.82) is 0 Å². The molecule has 1 amide bonds. The first-order valence-electron chi connectivity index (χ1n) is 6.10. The van der Waals surface area contributed by atoms with Gasteiger partial charge in [0.1, 0.15) is 0 Å². The molecule has 0 heterocycles. The van der Waals surface area contributed by atoms with Gasteiger partial charge in [0, 0.05) is 22.9 Å². The molecule has 0 aliphatic rings. The molecule has 0 spiro atoms. The summed E-state index contributed by atoms with van der Waals surface area (Å²) >= 11 is 0. The molecule has 0 fully saturated rings. The van der Waals surface area contributed by atoms with Crippen LogP contribution in [0.15, 0.2) is 23.3 Å². The van der Waals surface area contributed by atoms with E-state index < -0.39 is 10.8 Å². The maximum absolute atomic E-state index is 11.8. The van der Waals surface area contributed by atoms with Gasteiger partial charge in [0.05, 0.1) is 4.92 Å². The van der Waals surface area contributed by atoms with Crippen molar-refractivity contribution in [3.8, 4) is 0 Å². The number of hydrazone groups is 1. The first kappa shape index (κ1) is 14.8. The van der Waals surface area contributed by atoms with Gasteiger partial charge in [0.15, 0.2) is 0 Å². The number of nitro groups is 1. The second-order valence-corrected chi connectivity index (χ2v) is 4.08. The van der Waals surface area contributed by atoms with E-state index in [0.717, 1.165) is 18.6 Å². The normalized spacial score (nSPS) is 9.84. The molecule has 0 saturated carbocycles. The molecule has 0 bridgehead atoms. The van der Waals surface area contributed by atoms with Gasteiger partial charge in [-0.05, 0) is 25.8 Å². The largest absolute Gasteiger partial charge is 0.273 e. The van der Waals surface area contributed by atoms with Crippen LogP contribution in [0, 0.1) is 17.0 Å². The summed E-state index contributed by atoms with van der Waals surface area (Å²) in [6, 6.07) is 4.36. The van der Waals surface area contributed by atoms with Crippen LogP contribution in [0.25, 0.3) is 0 Å². The van der Waals surface area contributed by atoms with Gasteiger partial charge in [-0.25, -0.2) is 5.43 Å². The molecular formula is C13H17N3O3. The average molecular weight is 263 g/mol. The Balaban J connectivity index is 2.92. The zero-order chi connectivity index (χ0) is 14.4. The summed E-state index contributed by atoms with van der Waals surface area (Å²) in [5.41, 5.74) is 3.97. The Hall–Kier alpha value is -2.24. The number of hydrogen-bond donors (Lipinski definition) is 1. The van der Waals surface area contributed by atoms with E-state index in [1.807, 2.05) is 13.8 Å². The van der Waals surface area contributed by atoms with E-state index in [2.05, 4.69) is 10.5 Å². The van der Waals surface area contributed by atoms with Gasteiger partial charge in [-0.1, -0.05) is 19.9 Å². The number of aryl methyl sites for hydroxylation is 1.